The van der Waals surface area contributed by atoms with Crippen LogP contribution in [-0.2, 0) is 11.2 Å². The maximum Gasteiger partial charge on any atom is 0.134 e. The molecule has 0 unspecified atom stereocenters. The summed E-state index contributed by atoms with van der Waals surface area (Å²) in [5.41, 5.74) is 1.25. The molecule has 0 saturated carbocycles. The minimum absolute atomic E-state index is 0.378. The van der Waals surface area contributed by atoms with Gasteiger partial charge in [0.15, 0.2) is 0 Å². The lowest BCUT2D eigenvalue weighted by Crippen LogP contribution is -2.01. The van der Waals surface area contributed by atoms with Gasteiger partial charge >= 0.3 is 0 Å². The fourth-order valence-corrected chi connectivity index (χ4v) is 1.70. The summed E-state index contributed by atoms with van der Waals surface area (Å²) < 4.78 is 0. The second kappa shape index (κ2) is 6.66. The van der Waals surface area contributed by atoms with Gasteiger partial charge in [0.05, 0.1) is 0 Å². The highest BCUT2D eigenvalue weighted by Gasteiger charge is 2.01. The molecular weight excluding hydrogens is 192 g/mol. The fourth-order valence-electron chi connectivity index (χ4n) is 1.27. The van der Waals surface area contributed by atoms with E-state index in [1.54, 1.807) is 11.8 Å². The second-order valence-electron chi connectivity index (χ2n) is 3.27. The normalized spacial score (nSPS) is 10.1. The monoisotopic (exact) mass is 208 g/mol. The van der Waals surface area contributed by atoms with Crippen LogP contribution in [0.3, 0.4) is 0 Å². The SMILES string of the molecule is CSCCC(=O)CCc1ccccc1. The highest BCUT2D eigenvalue weighted by Crippen LogP contribution is 2.05. The van der Waals surface area contributed by atoms with Crippen LogP contribution in [0.2, 0.25) is 0 Å². The molecule has 0 aliphatic heterocycles. The van der Waals surface area contributed by atoms with Gasteiger partial charge < -0.3 is 0 Å². The predicted molar refractivity (Wildman–Crippen MR) is 62.8 cm³/mol. The van der Waals surface area contributed by atoms with Crippen molar-refractivity contribution in [1.29, 1.82) is 0 Å². The Labute approximate surface area is 89.9 Å². The zero-order valence-electron chi connectivity index (χ0n) is 8.53. The number of benzene rings is 1. The number of hydrogen-bond acceptors (Lipinski definition) is 2. The van der Waals surface area contributed by atoms with Crippen molar-refractivity contribution in [2.24, 2.45) is 0 Å². The molecule has 0 aliphatic rings. The van der Waals surface area contributed by atoms with E-state index in [9.17, 15) is 4.79 Å². The average molecular weight is 208 g/mol. The lowest BCUT2D eigenvalue weighted by molar-refractivity contribution is -0.118. The van der Waals surface area contributed by atoms with Gasteiger partial charge in [-0.15, -0.1) is 0 Å². The van der Waals surface area contributed by atoms with Crippen LogP contribution in [0.5, 0.6) is 0 Å². The topological polar surface area (TPSA) is 17.1 Å². The second-order valence-corrected chi connectivity index (χ2v) is 4.25. The van der Waals surface area contributed by atoms with E-state index in [1.165, 1.54) is 5.56 Å². The Hall–Kier alpha value is -0.760. The zero-order valence-corrected chi connectivity index (χ0v) is 9.35. The first-order valence-corrected chi connectivity index (χ1v) is 6.27. The molecule has 76 valence electrons. The van der Waals surface area contributed by atoms with Crippen LogP contribution in [0.15, 0.2) is 30.3 Å². The van der Waals surface area contributed by atoms with Gasteiger partial charge in [-0.25, -0.2) is 0 Å². The van der Waals surface area contributed by atoms with Gasteiger partial charge in [-0.05, 0) is 24.0 Å². The van der Waals surface area contributed by atoms with Crippen molar-refractivity contribution >= 4 is 17.5 Å². The van der Waals surface area contributed by atoms with Crippen LogP contribution in [-0.4, -0.2) is 17.8 Å². The summed E-state index contributed by atoms with van der Waals surface area (Å²) in [6, 6.07) is 10.2. The lowest BCUT2D eigenvalue weighted by atomic mass is 10.1. The number of thioether (sulfide) groups is 1. The summed E-state index contributed by atoms with van der Waals surface area (Å²) in [5.74, 6) is 1.33. The molecule has 2 heteroatoms. The summed E-state index contributed by atoms with van der Waals surface area (Å²) in [6.07, 6.45) is 4.32. The molecule has 14 heavy (non-hydrogen) atoms. The molecule has 0 atom stereocenters. The first kappa shape index (κ1) is 11.3. The Balaban J connectivity index is 2.24. The summed E-state index contributed by atoms with van der Waals surface area (Å²) in [4.78, 5) is 11.4. The van der Waals surface area contributed by atoms with E-state index in [0.717, 1.165) is 12.2 Å². The van der Waals surface area contributed by atoms with Gasteiger partial charge in [0.25, 0.3) is 0 Å². The quantitative estimate of drug-likeness (QED) is 0.715. The van der Waals surface area contributed by atoms with E-state index in [2.05, 4.69) is 12.1 Å². The Bertz CT molecular complexity index is 269. The maximum atomic E-state index is 11.4. The number of aryl methyl sites for hydroxylation is 1. The van der Waals surface area contributed by atoms with Gasteiger partial charge in [0.2, 0.25) is 0 Å². The summed E-state index contributed by atoms with van der Waals surface area (Å²) >= 11 is 1.73. The smallest absolute Gasteiger partial charge is 0.134 e. The molecule has 0 heterocycles. The molecule has 1 rings (SSSR count). The number of Topliss-reactive ketones (excluding diaryl/α,β-unsaturated/α-hetero) is 1. The molecule has 0 amide bonds. The molecule has 1 aromatic rings. The number of hydrogen-bond donors (Lipinski definition) is 0. The lowest BCUT2D eigenvalue weighted by Gasteiger charge is -2.00. The Morgan fingerprint density at radius 2 is 1.93 bits per heavy atom. The molecule has 1 aromatic carbocycles. The molecule has 0 N–H and O–H groups in total. The van der Waals surface area contributed by atoms with Gasteiger partial charge in [-0.3, -0.25) is 4.79 Å². The van der Waals surface area contributed by atoms with Crippen molar-refractivity contribution in [1.82, 2.24) is 0 Å². The summed E-state index contributed by atoms with van der Waals surface area (Å²) in [5, 5.41) is 0. The van der Waals surface area contributed by atoms with Crippen LogP contribution < -0.4 is 0 Å². The van der Waals surface area contributed by atoms with E-state index in [1.807, 2.05) is 24.5 Å². The van der Waals surface area contributed by atoms with Crippen LogP contribution in [0, 0.1) is 0 Å². The van der Waals surface area contributed by atoms with E-state index in [4.69, 9.17) is 0 Å². The average Bonchev–Trinajstić information content (AvgIpc) is 2.25. The van der Waals surface area contributed by atoms with Crippen molar-refractivity contribution in [2.75, 3.05) is 12.0 Å². The van der Waals surface area contributed by atoms with E-state index < -0.39 is 0 Å². The first-order chi connectivity index (χ1) is 6.83. The zero-order chi connectivity index (χ0) is 10.2. The highest BCUT2D eigenvalue weighted by atomic mass is 32.2. The van der Waals surface area contributed by atoms with Crippen molar-refractivity contribution in [3.8, 4) is 0 Å². The summed E-state index contributed by atoms with van der Waals surface area (Å²) in [6.45, 7) is 0. The number of carbonyl (C=O) groups excluding carboxylic acids is 1. The highest BCUT2D eigenvalue weighted by molar-refractivity contribution is 7.98. The van der Waals surface area contributed by atoms with E-state index in [-0.39, 0.29) is 0 Å². The Kier molecular flexibility index (Phi) is 5.38. The van der Waals surface area contributed by atoms with Crippen LogP contribution in [0.4, 0.5) is 0 Å². The molecule has 1 nitrogen and oxygen atoms in total. The molecule has 0 spiro atoms. The van der Waals surface area contributed by atoms with Gasteiger partial charge in [-0.1, -0.05) is 30.3 Å². The molecule has 0 bridgehead atoms. The third kappa shape index (κ3) is 4.47. The summed E-state index contributed by atoms with van der Waals surface area (Å²) in [7, 11) is 0. The fraction of sp³-hybridized carbons (Fsp3) is 0.417. The standard InChI is InChI=1S/C12H16OS/c1-14-10-9-12(13)8-7-11-5-3-2-4-6-11/h2-6H,7-10H2,1H3. The predicted octanol–water partition coefficient (Wildman–Crippen LogP) is 2.94. The Morgan fingerprint density at radius 1 is 1.21 bits per heavy atom. The Morgan fingerprint density at radius 3 is 2.57 bits per heavy atom. The largest absolute Gasteiger partial charge is 0.300 e. The third-order valence-corrected chi connectivity index (χ3v) is 2.73. The van der Waals surface area contributed by atoms with Crippen molar-refractivity contribution < 1.29 is 4.79 Å². The first-order valence-electron chi connectivity index (χ1n) is 4.87. The van der Waals surface area contributed by atoms with Crippen LogP contribution in [0.1, 0.15) is 18.4 Å². The number of carbonyl (C=O) groups is 1. The van der Waals surface area contributed by atoms with Gasteiger partial charge in [0.1, 0.15) is 5.78 Å². The van der Waals surface area contributed by atoms with E-state index >= 15 is 0 Å². The third-order valence-electron chi connectivity index (χ3n) is 2.12. The minimum atomic E-state index is 0.378. The molecule has 0 fully saturated rings. The maximum absolute atomic E-state index is 11.4. The van der Waals surface area contributed by atoms with Crippen molar-refractivity contribution in [3.05, 3.63) is 35.9 Å². The van der Waals surface area contributed by atoms with Crippen molar-refractivity contribution in [2.45, 2.75) is 19.3 Å². The molecule has 0 aliphatic carbocycles. The molecule has 0 aromatic heterocycles. The van der Waals surface area contributed by atoms with Gasteiger partial charge in [0, 0.05) is 12.8 Å². The number of rotatable bonds is 6. The van der Waals surface area contributed by atoms with Crippen molar-refractivity contribution in [3.63, 3.8) is 0 Å². The molecule has 0 radical (unpaired) electrons. The van der Waals surface area contributed by atoms with Crippen LogP contribution >= 0.6 is 11.8 Å². The van der Waals surface area contributed by atoms with Gasteiger partial charge in [-0.2, -0.15) is 11.8 Å². The van der Waals surface area contributed by atoms with E-state index in [0.29, 0.717) is 18.6 Å². The number of ketones is 1. The minimum Gasteiger partial charge on any atom is -0.300 e. The molecule has 0 saturated heterocycles. The molecular formula is C12H16OS. The van der Waals surface area contributed by atoms with Crippen LogP contribution in [0.25, 0.3) is 0 Å².